The summed E-state index contributed by atoms with van der Waals surface area (Å²) in [6.07, 6.45) is 3.22. The van der Waals surface area contributed by atoms with Gasteiger partial charge in [0, 0.05) is 48.6 Å². The fourth-order valence-electron chi connectivity index (χ4n) is 4.27. The van der Waals surface area contributed by atoms with Crippen LogP contribution in [0.25, 0.3) is 11.1 Å². The maximum Gasteiger partial charge on any atom is 0.251 e. The third-order valence-corrected chi connectivity index (χ3v) is 5.57. The van der Waals surface area contributed by atoms with E-state index in [1.54, 1.807) is 7.11 Å². The fourth-order valence-corrected chi connectivity index (χ4v) is 4.27. The molecule has 2 amide bonds. The monoisotopic (exact) mass is 383 g/mol. The Morgan fingerprint density at radius 2 is 2.00 bits per heavy atom. The largest absolute Gasteiger partial charge is 0.496 e. The minimum Gasteiger partial charge on any atom is -0.496 e. The smallest absolute Gasteiger partial charge is 0.251 e. The van der Waals surface area contributed by atoms with E-state index < -0.39 is 5.91 Å². The molecule has 2 heterocycles. The lowest BCUT2D eigenvalue weighted by Crippen LogP contribution is -2.26. The van der Waals surface area contributed by atoms with Crippen molar-refractivity contribution < 1.29 is 14.3 Å². The van der Waals surface area contributed by atoms with Crippen molar-refractivity contribution in [1.82, 2.24) is 9.47 Å². The second-order valence-electron chi connectivity index (χ2n) is 7.19. The Labute approximate surface area is 166 Å². The fraction of sp³-hybridized carbons (Fsp3) is 0.455. The topological polar surface area (TPSA) is 77.6 Å². The number of methoxy groups -OCH3 is 1. The molecule has 0 spiro atoms. The molecule has 0 unspecified atom stereocenters. The molecule has 6 heteroatoms. The molecule has 6 nitrogen and oxygen atoms in total. The van der Waals surface area contributed by atoms with E-state index >= 15 is 0 Å². The quantitative estimate of drug-likeness (QED) is 0.761. The first-order valence-corrected chi connectivity index (χ1v) is 9.92. The highest BCUT2D eigenvalue weighted by molar-refractivity contribution is 6.03. The Bertz CT molecular complexity index is 885. The van der Waals surface area contributed by atoms with Gasteiger partial charge in [0.2, 0.25) is 5.91 Å². The summed E-state index contributed by atoms with van der Waals surface area (Å²) in [5, 5.41) is 0. The number of primary amides is 1. The van der Waals surface area contributed by atoms with Crippen LogP contribution in [0.1, 0.15) is 47.9 Å². The lowest BCUT2D eigenvalue weighted by Gasteiger charge is -2.17. The first-order chi connectivity index (χ1) is 13.5. The van der Waals surface area contributed by atoms with Crippen molar-refractivity contribution in [1.29, 1.82) is 0 Å². The van der Waals surface area contributed by atoms with Gasteiger partial charge in [0.05, 0.1) is 12.7 Å². The van der Waals surface area contributed by atoms with Crippen molar-refractivity contribution in [3.8, 4) is 16.9 Å². The second-order valence-corrected chi connectivity index (χ2v) is 7.19. The minimum absolute atomic E-state index is 0.243. The van der Waals surface area contributed by atoms with E-state index in [1.807, 2.05) is 36.1 Å². The molecule has 0 atom stereocenters. The van der Waals surface area contributed by atoms with Gasteiger partial charge in [-0.05, 0) is 32.3 Å². The van der Waals surface area contributed by atoms with Crippen LogP contribution in [-0.4, -0.2) is 41.5 Å². The van der Waals surface area contributed by atoms with Crippen LogP contribution >= 0.6 is 0 Å². The van der Waals surface area contributed by atoms with E-state index in [2.05, 4.69) is 11.5 Å². The first kappa shape index (κ1) is 20.0. The molecule has 0 radical (unpaired) electrons. The number of para-hydroxylation sites is 1. The van der Waals surface area contributed by atoms with E-state index in [9.17, 15) is 9.59 Å². The molecule has 2 aromatic rings. The Hall–Kier alpha value is -2.76. The zero-order valence-corrected chi connectivity index (χ0v) is 17.0. The summed E-state index contributed by atoms with van der Waals surface area (Å²) in [6, 6.07) is 7.71. The molecule has 1 aromatic heterocycles. The van der Waals surface area contributed by atoms with Gasteiger partial charge in [-0.15, -0.1) is 0 Å². The Morgan fingerprint density at radius 1 is 1.25 bits per heavy atom. The molecule has 1 aliphatic rings. The summed E-state index contributed by atoms with van der Waals surface area (Å²) in [5.41, 5.74) is 10.0. The highest BCUT2D eigenvalue weighted by Gasteiger charge is 2.26. The van der Waals surface area contributed by atoms with E-state index in [0.717, 1.165) is 67.2 Å². The van der Waals surface area contributed by atoms with Crippen LogP contribution in [-0.2, 0) is 17.8 Å². The third kappa shape index (κ3) is 3.63. The number of nitrogens with two attached hydrogens (primary N) is 1. The number of hydrogen-bond acceptors (Lipinski definition) is 3. The standard InChI is InChI=1S/C22H29N3O3/c1-4-17-21(16-9-5-6-10-18(16)28-3)20(22(23)27)15(2)25(17)14-8-13-24-12-7-11-19(24)26/h5-6,9-10H,4,7-8,11-14H2,1-3H3,(H2,23,27). The van der Waals surface area contributed by atoms with E-state index in [0.29, 0.717) is 12.0 Å². The van der Waals surface area contributed by atoms with Crippen molar-refractivity contribution >= 4 is 11.8 Å². The van der Waals surface area contributed by atoms with Gasteiger partial charge in [0.15, 0.2) is 0 Å². The summed E-state index contributed by atoms with van der Waals surface area (Å²) in [5.74, 6) is 0.536. The Kier molecular flexibility index (Phi) is 6.07. The van der Waals surface area contributed by atoms with Gasteiger partial charge >= 0.3 is 0 Å². The van der Waals surface area contributed by atoms with Gasteiger partial charge in [0.25, 0.3) is 5.91 Å². The molecule has 0 aliphatic carbocycles. The van der Waals surface area contributed by atoms with Crippen molar-refractivity contribution in [2.75, 3.05) is 20.2 Å². The number of likely N-dealkylation sites (tertiary alicyclic amines) is 1. The summed E-state index contributed by atoms with van der Waals surface area (Å²) in [4.78, 5) is 26.1. The second kappa shape index (κ2) is 8.50. The normalized spacial score (nSPS) is 14.0. The summed E-state index contributed by atoms with van der Waals surface area (Å²) < 4.78 is 7.72. The Balaban J connectivity index is 1.99. The number of amides is 2. The zero-order valence-electron chi connectivity index (χ0n) is 17.0. The highest BCUT2D eigenvalue weighted by Crippen LogP contribution is 2.38. The molecule has 0 saturated carbocycles. The van der Waals surface area contributed by atoms with Crippen LogP contribution in [0.15, 0.2) is 24.3 Å². The van der Waals surface area contributed by atoms with E-state index in [-0.39, 0.29) is 5.91 Å². The average molecular weight is 383 g/mol. The minimum atomic E-state index is -0.429. The first-order valence-electron chi connectivity index (χ1n) is 9.92. The number of nitrogens with zero attached hydrogens (tertiary/aromatic N) is 2. The van der Waals surface area contributed by atoms with Crippen molar-refractivity contribution in [2.45, 2.75) is 46.1 Å². The molecule has 1 aromatic carbocycles. The molecule has 1 fully saturated rings. The number of carbonyl (C=O) groups excluding carboxylic acids is 2. The van der Waals surface area contributed by atoms with Gasteiger partial charge in [-0.25, -0.2) is 0 Å². The predicted molar refractivity (Wildman–Crippen MR) is 109 cm³/mol. The highest BCUT2D eigenvalue weighted by atomic mass is 16.5. The van der Waals surface area contributed by atoms with Gasteiger partial charge in [-0.1, -0.05) is 25.1 Å². The number of ether oxygens (including phenoxy) is 1. The van der Waals surface area contributed by atoms with Gasteiger partial charge in [0.1, 0.15) is 5.75 Å². The summed E-state index contributed by atoms with van der Waals surface area (Å²) in [7, 11) is 1.63. The van der Waals surface area contributed by atoms with E-state index in [4.69, 9.17) is 10.5 Å². The number of benzene rings is 1. The SMILES string of the molecule is CCc1c(-c2ccccc2OC)c(C(N)=O)c(C)n1CCCN1CCCC1=O. The van der Waals surface area contributed by atoms with Crippen LogP contribution < -0.4 is 10.5 Å². The van der Waals surface area contributed by atoms with Crippen LogP contribution in [0, 0.1) is 6.92 Å². The van der Waals surface area contributed by atoms with Gasteiger partial charge in [-0.2, -0.15) is 0 Å². The van der Waals surface area contributed by atoms with Gasteiger partial charge < -0.3 is 19.9 Å². The predicted octanol–water partition coefficient (Wildman–Crippen LogP) is 3.15. The number of aromatic nitrogens is 1. The molecule has 1 aliphatic heterocycles. The van der Waals surface area contributed by atoms with E-state index in [1.165, 1.54) is 0 Å². The van der Waals surface area contributed by atoms with Crippen molar-refractivity contribution in [3.63, 3.8) is 0 Å². The molecule has 150 valence electrons. The lowest BCUT2D eigenvalue weighted by atomic mass is 9.98. The molecular weight excluding hydrogens is 354 g/mol. The van der Waals surface area contributed by atoms with Crippen LogP contribution in [0.3, 0.4) is 0 Å². The number of rotatable bonds is 8. The molecule has 28 heavy (non-hydrogen) atoms. The molecule has 1 saturated heterocycles. The number of carbonyl (C=O) groups is 2. The molecule has 2 N–H and O–H groups in total. The van der Waals surface area contributed by atoms with Crippen molar-refractivity contribution in [2.24, 2.45) is 5.73 Å². The number of hydrogen-bond donors (Lipinski definition) is 1. The van der Waals surface area contributed by atoms with Crippen molar-refractivity contribution in [3.05, 3.63) is 41.2 Å². The van der Waals surface area contributed by atoms with Crippen LogP contribution in [0.2, 0.25) is 0 Å². The van der Waals surface area contributed by atoms with Gasteiger partial charge in [-0.3, -0.25) is 9.59 Å². The van der Waals surface area contributed by atoms with Crippen LogP contribution in [0.5, 0.6) is 5.75 Å². The van der Waals surface area contributed by atoms with Crippen LogP contribution in [0.4, 0.5) is 0 Å². The molecular formula is C22H29N3O3. The maximum absolute atomic E-state index is 12.3. The summed E-state index contributed by atoms with van der Waals surface area (Å²) >= 11 is 0. The zero-order chi connectivity index (χ0) is 20.3. The lowest BCUT2D eigenvalue weighted by molar-refractivity contribution is -0.127. The third-order valence-electron chi connectivity index (χ3n) is 5.57. The molecule has 3 rings (SSSR count). The summed E-state index contributed by atoms with van der Waals surface area (Å²) in [6.45, 7) is 6.37. The average Bonchev–Trinajstić information content (AvgIpc) is 3.22. The maximum atomic E-state index is 12.3. The Morgan fingerprint density at radius 3 is 2.61 bits per heavy atom. The molecule has 0 bridgehead atoms.